The minimum atomic E-state index is -3.28. The number of rotatable bonds is 3. The van der Waals surface area contributed by atoms with Crippen molar-refractivity contribution in [1.82, 2.24) is 14.6 Å². The summed E-state index contributed by atoms with van der Waals surface area (Å²) in [6, 6.07) is 1.08. The van der Waals surface area contributed by atoms with Crippen LogP contribution in [-0.4, -0.2) is 54.7 Å². The lowest BCUT2D eigenvalue weighted by Gasteiger charge is -2.32. The van der Waals surface area contributed by atoms with E-state index in [4.69, 9.17) is 0 Å². The van der Waals surface area contributed by atoms with E-state index in [-0.39, 0.29) is 17.7 Å². The number of likely N-dealkylation sites (tertiary alicyclic amines) is 1. The zero-order valence-corrected chi connectivity index (χ0v) is 11.9. The molecule has 1 aromatic heterocycles. The third kappa shape index (κ3) is 3.91. The topological polar surface area (TPSA) is 99.6 Å². The van der Waals surface area contributed by atoms with Crippen molar-refractivity contribution in [2.75, 3.05) is 19.3 Å². The molecule has 0 radical (unpaired) electrons. The first-order chi connectivity index (χ1) is 9.35. The first kappa shape index (κ1) is 14.7. The van der Waals surface area contributed by atoms with Crippen molar-refractivity contribution in [2.24, 2.45) is 0 Å². The predicted octanol–water partition coefficient (Wildman–Crippen LogP) is -0.0590. The quantitative estimate of drug-likeness (QED) is 0.814. The highest BCUT2D eigenvalue weighted by Gasteiger charge is 2.26. The maximum absolute atomic E-state index is 12.3. The van der Waals surface area contributed by atoms with Gasteiger partial charge in [0.2, 0.25) is 10.0 Å². The third-order valence-electron chi connectivity index (χ3n) is 3.06. The second-order valence-corrected chi connectivity index (χ2v) is 6.69. The summed E-state index contributed by atoms with van der Waals surface area (Å²) < 4.78 is 25.0. The Morgan fingerprint density at radius 2 is 2.25 bits per heavy atom. The minimum Gasteiger partial charge on any atom is -0.506 e. The van der Waals surface area contributed by atoms with Crippen LogP contribution in [0.25, 0.3) is 0 Å². The molecule has 110 valence electrons. The van der Waals surface area contributed by atoms with Crippen molar-refractivity contribution in [3.8, 4) is 5.75 Å². The summed E-state index contributed by atoms with van der Waals surface area (Å²) in [4.78, 5) is 17.6. The van der Waals surface area contributed by atoms with Gasteiger partial charge in [0.1, 0.15) is 5.75 Å². The van der Waals surface area contributed by atoms with E-state index < -0.39 is 10.0 Å². The molecule has 7 nitrogen and oxygen atoms in total. The van der Waals surface area contributed by atoms with Crippen LogP contribution >= 0.6 is 0 Å². The standard InChI is InChI=1S/C12H17N3O4S/c1-20(18,19)14-10-3-2-4-15(8-10)12(17)9-5-11(16)7-13-6-9/h5-7,10,14,16H,2-4,8H2,1H3. The molecule has 1 atom stereocenters. The molecule has 2 heterocycles. The maximum Gasteiger partial charge on any atom is 0.255 e. The Hall–Kier alpha value is -1.67. The number of aromatic nitrogens is 1. The Morgan fingerprint density at radius 1 is 1.50 bits per heavy atom. The van der Waals surface area contributed by atoms with E-state index in [1.165, 1.54) is 18.5 Å². The summed E-state index contributed by atoms with van der Waals surface area (Å²) in [5.41, 5.74) is 0.296. The van der Waals surface area contributed by atoms with Crippen molar-refractivity contribution in [3.05, 3.63) is 24.0 Å². The molecule has 0 aliphatic carbocycles. The van der Waals surface area contributed by atoms with Gasteiger partial charge in [-0.3, -0.25) is 9.78 Å². The van der Waals surface area contributed by atoms with E-state index in [0.717, 1.165) is 12.7 Å². The third-order valence-corrected chi connectivity index (χ3v) is 3.82. The highest BCUT2D eigenvalue weighted by atomic mass is 32.2. The number of sulfonamides is 1. The molecule has 8 heteroatoms. The lowest BCUT2D eigenvalue weighted by molar-refractivity contribution is 0.0702. The summed E-state index contributed by atoms with van der Waals surface area (Å²) in [5, 5.41) is 9.34. The van der Waals surface area contributed by atoms with Crippen LogP contribution in [0.2, 0.25) is 0 Å². The molecule has 0 saturated carbocycles. The number of carbonyl (C=O) groups is 1. The maximum atomic E-state index is 12.3. The Kier molecular flexibility index (Phi) is 4.24. The summed E-state index contributed by atoms with van der Waals surface area (Å²) in [7, 11) is -3.28. The van der Waals surface area contributed by atoms with Crippen molar-refractivity contribution in [3.63, 3.8) is 0 Å². The van der Waals surface area contributed by atoms with Crippen molar-refractivity contribution in [2.45, 2.75) is 18.9 Å². The molecule has 2 N–H and O–H groups in total. The Morgan fingerprint density at radius 3 is 2.90 bits per heavy atom. The van der Waals surface area contributed by atoms with Gasteiger partial charge in [0, 0.05) is 25.3 Å². The van der Waals surface area contributed by atoms with E-state index in [0.29, 0.717) is 25.1 Å². The first-order valence-electron chi connectivity index (χ1n) is 6.26. The Bertz CT molecular complexity index is 602. The number of amides is 1. The number of nitrogens with one attached hydrogen (secondary N) is 1. The fourth-order valence-electron chi connectivity index (χ4n) is 2.29. The monoisotopic (exact) mass is 299 g/mol. The van der Waals surface area contributed by atoms with Crippen LogP contribution in [-0.2, 0) is 10.0 Å². The Balaban J connectivity index is 2.07. The molecule has 1 aromatic rings. The smallest absolute Gasteiger partial charge is 0.255 e. The summed E-state index contributed by atoms with van der Waals surface area (Å²) in [6.07, 6.45) is 5.17. The van der Waals surface area contributed by atoms with Crippen molar-refractivity contribution in [1.29, 1.82) is 0 Å². The molecule has 20 heavy (non-hydrogen) atoms. The van der Waals surface area contributed by atoms with Gasteiger partial charge in [-0.05, 0) is 18.9 Å². The molecule has 1 aliphatic heterocycles. The van der Waals surface area contributed by atoms with Crippen LogP contribution in [0.1, 0.15) is 23.2 Å². The number of piperidine rings is 1. The number of nitrogens with zero attached hydrogens (tertiary/aromatic N) is 2. The summed E-state index contributed by atoms with van der Waals surface area (Å²) in [5.74, 6) is -0.327. The van der Waals surface area contributed by atoms with E-state index in [9.17, 15) is 18.3 Å². The average Bonchev–Trinajstić information content (AvgIpc) is 2.36. The minimum absolute atomic E-state index is 0.0707. The van der Waals surface area contributed by atoms with E-state index in [1.807, 2.05) is 0 Å². The molecule has 0 bridgehead atoms. The molecule has 1 saturated heterocycles. The van der Waals surface area contributed by atoms with E-state index in [1.54, 1.807) is 4.90 Å². The van der Waals surface area contributed by atoms with Crippen LogP contribution in [0, 0.1) is 0 Å². The van der Waals surface area contributed by atoms with Gasteiger partial charge in [-0.15, -0.1) is 0 Å². The predicted molar refractivity (Wildman–Crippen MR) is 72.8 cm³/mol. The lowest BCUT2D eigenvalue weighted by Crippen LogP contribution is -2.49. The molecule has 2 rings (SSSR count). The van der Waals surface area contributed by atoms with Gasteiger partial charge in [0.15, 0.2) is 0 Å². The second kappa shape index (κ2) is 5.76. The normalized spacial score (nSPS) is 19.9. The summed E-state index contributed by atoms with van der Waals surface area (Å²) in [6.45, 7) is 0.887. The first-order valence-corrected chi connectivity index (χ1v) is 8.15. The highest BCUT2D eigenvalue weighted by Crippen LogP contribution is 2.16. The van der Waals surface area contributed by atoms with Crippen LogP contribution < -0.4 is 4.72 Å². The number of hydrogen-bond acceptors (Lipinski definition) is 5. The van der Waals surface area contributed by atoms with Gasteiger partial charge < -0.3 is 10.0 Å². The second-order valence-electron chi connectivity index (χ2n) is 4.91. The van der Waals surface area contributed by atoms with E-state index in [2.05, 4.69) is 9.71 Å². The number of hydrogen-bond donors (Lipinski definition) is 2. The highest BCUT2D eigenvalue weighted by molar-refractivity contribution is 7.88. The molecular formula is C12H17N3O4S. The molecule has 1 fully saturated rings. The number of pyridine rings is 1. The van der Waals surface area contributed by atoms with Gasteiger partial charge in [0.25, 0.3) is 5.91 Å². The fraction of sp³-hybridized carbons (Fsp3) is 0.500. The molecular weight excluding hydrogens is 282 g/mol. The SMILES string of the molecule is CS(=O)(=O)NC1CCCN(C(=O)c2cncc(O)c2)C1. The lowest BCUT2D eigenvalue weighted by atomic mass is 10.1. The largest absolute Gasteiger partial charge is 0.506 e. The Labute approximate surface area is 117 Å². The molecule has 1 amide bonds. The summed E-state index contributed by atoms with van der Waals surface area (Å²) >= 11 is 0. The molecule has 1 aliphatic rings. The van der Waals surface area contributed by atoms with Crippen molar-refractivity contribution < 1.29 is 18.3 Å². The van der Waals surface area contributed by atoms with Crippen molar-refractivity contribution >= 4 is 15.9 Å². The van der Waals surface area contributed by atoms with Crippen LogP contribution in [0.5, 0.6) is 5.75 Å². The van der Waals surface area contributed by atoms with Gasteiger partial charge in [-0.1, -0.05) is 0 Å². The van der Waals surface area contributed by atoms with E-state index >= 15 is 0 Å². The molecule has 0 spiro atoms. The van der Waals surface area contributed by atoms with Crippen LogP contribution in [0.15, 0.2) is 18.5 Å². The average molecular weight is 299 g/mol. The van der Waals surface area contributed by atoms with Crippen LogP contribution in [0.3, 0.4) is 0 Å². The zero-order chi connectivity index (χ0) is 14.8. The van der Waals surface area contributed by atoms with Gasteiger partial charge >= 0.3 is 0 Å². The number of carbonyl (C=O) groups excluding carboxylic acids is 1. The fourth-order valence-corrected chi connectivity index (χ4v) is 3.09. The van der Waals surface area contributed by atoms with Gasteiger partial charge in [-0.2, -0.15) is 0 Å². The van der Waals surface area contributed by atoms with Gasteiger partial charge in [-0.25, -0.2) is 13.1 Å². The van der Waals surface area contributed by atoms with Gasteiger partial charge in [0.05, 0.1) is 18.0 Å². The zero-order valence-electron chi connectivity index (χ0n) is 11.1. The molecule has 0 aromatic carbocycles. The molecule has 1 unspecified atom stereocenters. The van der Waals surface area contributed by atoms with Crippen LogP contribution in [0.4, 0.5) is 0 Å². The number of aromatic hydroxyl groups is 1.